The number of anilines is 1. The number of amides is 1. The Morgan fingerprint density at radius 3 is 2.68 bits per heavy atom. The second kappa shape index (κ2) is 9.03. The lowest BCUT2D eigenvalue weighted by Gasteiger charge is -2.14. The second-order valence-electron chi connectivity index (χ2n) is 5.16. The van der Waals surface area contributed by atoms with Crippen LogP contribution in [0.5, 0.6) is 0 Å². The van der Waals surface area contributed by atoms with E-state index in [1.807, 2.05) is 37.3 Å². The van der Waals surface area contributed by atoms with Crippen LogP contribution < -0.4 is 11.1 Å². The van der Waals surface area contributed by atoms with E-state index in [9.17, 15) is 9.59 Å². The molecule has 1 aromatic heterocycles. The minimum atomic E-state index is -0.564. The summed E-state index contributed by atoms with van der Waals surface area (Å²) in [6.45, 7) is 3.86. The number of hydrogen-bond donors (Lipinski definition) is 2. The van der Waals surface area contributed by atoms with Crippen LogP contribution in [0.2, 0.25) is 0 Å². The summed E-state index contributed by atoms with van der Waals surface area (Å²) in [6.07, 6.45) is 1.31. The average Bonchev–Trinajstić information content (AvgIpc) is 2.61. The van der Waals surface area contributed by atoms with E-state index in [-0.39, 0.29) is 35.7 Å². The average molecular weight is 360 g/mol. The molecule has 2 aromatic rings. The van der Waals surface area contributed by atoms with Crippen LogP contribution >= 0.6 is 11.8 Å². The number of nitrogens with two attached hydrogens (primary N) is 1. The quantitative estimate of drug-likeness (QED) is 0.443. The number of nitrogens with zero attached hydrogens (tertiary/aromatic N) is 2. The summed E-state index contributed by atoms with van der Waals surface area (Å²) in [5.74, 6) is -0.520. The van der Waals surface area contributed by atoms with Gasteiger partial charge in [-0.2, -0.15) is 0 Å². The normalized spacial score (nSPS) is 11.6. The number of ether oxygens (including phenoxy) is 1. The van der Waals surface area contributed by atoms with Crippen LogP contribution in [0.25, 0.3) is 0 Å². The number of benzene rings is 1. The van der Waals surface area contributed by atoms with Gasteiger partial charge >= 0.3 is 5.97 Å². The third-order valence-corrected chi connectivity index (χ3v) is 4.16. The maximum Gasteiger partial charge on any atom is 0.343 e. The van der Waals surface area contributed by atoms with Crippen LogP contribution in [0.15, 0.2) is 41.7 Å². The summed E-state index contributed by atoms with van der Waals surface area (Å²) in [7, 11) is 0. The van der Waals surface area contributed by atoms with Crippen LogP contribution in [0.1, 0.15) is 35.8 Å². The van der Waals surface area contributed by atoms with Crippen molar-refractivity contribution >= 4 is 29.5 Å². The Morgan fingerprint density at radius 1 is 1.32 bits per heavy atom. The number of esters is 1. The topological polar surface area (TPSA) is 107 Å². The number of nitrogen functional groups attached to an aromatic ring is 1. The molecular weight excluding hydrogens is 340 g/mol. The molecule has 0 saturated carbocycles. The molecule has 0 bridgehead atoms. The predicted molar refractivity (Wildman–Crippen MR) is 96.1 cm³/mol. The lowest BCUT2D eigenvalue weighted by molar-refractivity contribution is -0.119. The molecule has 1 heterocycles. The minimum absolute atomic E-state index is 0.0361. The molecule has 1 atom stereocenters. The Kier molecular flexibility index (Phi) is 6.76. The van der Waals surface area contributed by atoms with Crippen LogP contribution in [-0.2, 0) is 9.53 Å². The molecule has 2 rings (SSSR count). The van der Waals surface area contributed by atoms with Crippen molar-refractivity contribution in [2.75, 3.05) is 18.1 Å². The Balaban J connectivity index is 1.89. The lowest BCUT2D eigenvalue weighted by atomic mass is 10.1. The van der Waals surface area contributed by atoms with Gasteiger partial charge in [0.05, 0.1) is 18.4 Å². The highest BCUT2D eigenvalue weighted by molar-refractivity contribution is 7.99. The van der Waals surface area contributed by atoms with E-state index in [2.05, 4.69) is 15.3 Å². The Morgan fingerprint density at radius 2 is 2.04 bits per heavy atom. The third-order valence-electron chi connectivity index (χ3n) is 3.30. The van der Waals surface area contributed by atoms with Crippen LogP contribution in [0.3, 0.4) is 0 Å². The smallest absolute Gasteiger partial charge is 0.343 e. The van der Waals surface area contributed by atoms with Gasteiger partial charge in [0, 0.05) is 6.20 Å². The fourth-order valence-electron chi connectivity index (χ4n) is 2.05. The lowest BCUT2D eigenvalue weighted by Crippen LogP contribution is -2.28. The maximum absolute atomic E-state index is 12.1. The SMILES string of the molecule is CCOC(=O)c1cnc(SCC(=O)N[C@@H](C)c2ccccc2)nc1N. The summed E-state index contributed by atoms with van der Waals surface area (Å²) in [6, 6.07) is 9.59. The Hall–Kier alpha value is -2.61. The van der Waals surface area contributed by atoms with E-state index in [1.165, 1.54) is 6.20 Å². The zero-order valence-electron chi connectivity index (χ0n) is 14.1. The number of rotatable bonds is 7. The van der Waals surface area contributed by atoms with Crippen molar-refractivity contribution in [3.8, 4) is 0 Å². The van der Waals surface area contributed by atoms with Crippen LogP contribution in [0, 0.1) is 0 Å². The summed E-state index contributed by atoms with van der Waals surface area (Å²) < 4.78 is 4.86. The standard InChI is InChI=1S/C17H20N4O3S/c1-3-24-16(23)13-9-19-17(21-15(13)18)25-10-14(22)20-11(2)12-7-5-4-6-8-12/h4-9,11H,3,10H2,1-2H3,(H,20,22)(H2,18,19,21)/t11-/m0/s1. The molecule has 0 aliphatic carbocycles. The fraction of sp³-hybridized carbons (Fsp3) is 0.294. The summed E-state index contributed by atoms with van der Waals surface area (Å²) in [5.41, 5.74) is 6.90. The zero-order valence-corrected chi connectivity index (χ0v) is 14.9. The molecule has 8 heteroatoms. The first-order valence-corrected chi connectivity index (χ1v) is 8.76. The Bertz CT molecular complexity index is 740. The van der Waals surface area contributed by atoms with Crippen molar-refractivity contribution in [1.82, 2.24) is 15.3 Å². The van der Waals surface area contributed by atoms with E-state index in [4.69, 9.17) is 10.5 Å². The van der Waals surface area contributed by atoms with Crippen molar-refractivity contribution in [3.63, 3.8) is 0 Å². The molecule has 3 N–H and O–H groups in total. The van der Waals surface area contributed by atoms with Gasteiger partial charge in [0.2, 0.25) is 5.91 Å². The molecule has 1 aromatic carbocycles. The molecule has 0 aliphatic rings. The van der Waals surface area contributed by atoms with E-state index >= 15 is 0 Å². The van der Waals surface area contributed by atoms with Crippen molar-refractivity contribution in [2.45, 2.75) is 25.0 Å². The number of nitrogens with one attached hydrogen (secondary N) is 1. The first kappa shape index (κ1) is 18.7. The first-order valence-electron chi connectivity index (χ1n) is 7.78. The molecule has 0 radical (unpaired) electrons. The predicted octanol–water partition coefficient (Wildman–Crippen LogP) is 2.21. The van der Waals surface area contributed by atoms with E-state index < -0.39 is 5.97 Å². The molecule has 132 valence electrons. The molecule has 0 spiro atoms. The van der Waals surface area contributed by atoms with Gasteiger partial charge < -0.3 is 15.8 Å². The number of hydrogen-bond acceptors (Lipinski definition) is 7. The number of aromatic nitrogens is 2. The van der Waals surface area contributed by atoms with Crippen molar-refractivity contribution < 1.29 is 14.3 Å². The van der Waals surface area contributed by atoms with E-state index in [1.54, 1.807) is 6.92 Å². The Labute approximate surface area is 150 Å². The molecule has 0 aliphatic heterocycles. The number of carbonyl (C=O) groups is 2. The van der Waals surface area contributed by atoms with Gasteiger partial charge in [0.1, 0.15) is 11.4 Å². The largest absolute Gasteiger partial charge is 0.462 e. The van der Waals surface area contributed by atoms with Gasteiger partial charge in [0.15, 0.2) is 5.16 Å². The summed E-state index contributed by atoms with van der Waals surface area (Å²) >= 11 is 1.15. The van der Waals surface area contributed by atoms with Gasteiger partial charge in [-0.3, -0.25) is 4.79 Å². The first-order chi connectivity index (χ1) is 12.0. The van der Waals surface area contributed by atoms with Crippen molar-refractivity contribution in [3.05, 3.63) is 47.7 Å². The number of thioether (sulfide) groups is 1. The van der Waals surface area contributed by atoms with Crippen LogP contribution in [-0.4, -0.2) is 34.2 Å². The van der Waals surface area contributed by atoms with Crippen molar-refractivity contribution in [2.24, 2.45) is 0 Å². The molecule has 0 saturated heterocycles. The van der Waals surface area contributed by atoms with E-state index in [0.29, 0.717) is 5.16 Å². The third kappa shape index (κ3) is 5.46. The fourth-order valence-corrected chi connectivity index (χ4v) is 2.69. The number of carbonyl (C=O) groups excluding carboxylic acids is 2. The summed E-state index contributed by atoms with van der Waals surface area (Å²) in [5, 5.41) is 3.23. The zero-order chi connectivity index (χ0) is 18.2. The van der Waals surface area contributed by atoms with Gasteiger partial charge in [-0.1, -0.05) is 42.1 Å². The van der Waals surface area contributed by atoms with Crippen LogP contribution in [0.4, 0.5) is 5.82 Å². The van der Waals surface area contributed by atoms with Gasteiger partial charge in [-0.15, -0.1) is 0 Å². The maximum atomic E-state index is 12.1. The highest BCUT2D eigenvalue weighted by Gasteiger charge is 2.15. The molecule has 0 unspecified atom stereocenters. The molecule has 1 amide bonds. The molecular formula is C17H20N4O3S. The van der Waals surface area contributed by atoms with Gasteiger partial charge in [0.25, 0.3) is 0 Å². The minimum Gasteiger partial charge on any atom is -0.462 e. The van der Waals surface area contributed by atoms with E-state index in [0.717, 1.165) is 17.3 Å². The highest BCUT2D eigenvalue weighted by Crippen LogP contribution is 2.18. The van der Waals surface area contributed by atoms with Gasteiger partial charge in [-0.05, 0) is 19.4 Å². The molecule has 0 fully saturated rings. The highest BCUT2D eigenvalue weighted by atomic mass is 32.2. The second-order valence-corrected chi connectivity index (χ2v) is 6.10. The molecule has 25 heavy (non-hydrogen) atoms. The van der Waals surface area contributed by atoms with Crippen molar-refractivity contribution in [1.29, 1.82) is 0 Å². The van der Waals surface area contributed by atoms with Gasteiger partial charge in [-0.25, -0.2) is 14.8 Å². The summed E-state index contributed by atoms with van der Waals surface area (Å²) in [4.78, 5) is 31.8. The molecule has 7 nitrogen and oxygen atoms in total. The monoisotopic (exact) mass is 360 g/mol.